The summed E-state index contributed by atoms with van der Waals surface area (Å²) in [6.45, 7) is 11.0. The number of rotatable bonds is 9. The van der Waals surface area contributed by atoms with Crippen LogP contribution in [0.5, 0.6) is 0 Å². The molecule has 8 nitrogen and oxygen atoms in total. The molecule has 0 saturated heterocycles. The zero-order chi connectivity index (χ0) is 25.9. The molecule has 0 aromatic heterocycles. The summed E-state index contributed by atoms with van der Waals surface area (Å²) in [5.74, 6) is -0.363. The first-order valence-corrected chi connectivity index (χ1v) is 12.6. The Morgan fingerprint density at radius 1 is 0.941 bits per heavy atom. The first-order chi connectivity index (χ1) is 15.7. The molecule has 0 spiro atoms. The Bertz CT molecular complexity index is 872. The van der Waals surface area contributed by atoms with Crippen LogP contribution in [-0.4, -0.2) is 41.9 Å². The monoisotopic (exact) mass is 603 g/mol. The Morgan fingerprint density at radius 3 is 2.12 bits per heavy atom. The van der Waals surface area contributed by atoms with Gasteiger partial charge in [0.2, 0.25) is 5.91 Å². The number of para-hydroxylation sites is 1. The number of alkyl carbamates (subject to hydrolysis) is 2. The minimum absolute atomic E-state index is 0.362. The standard InChI is InChI=1S/C24H35Br2N3O5/c1-23(2,3)33-21(31)27-14-10-9-13-18(29-22(32)34-24(4,5)6)20(30)28-17-12-8-7-11-16(17)15-19(25)26/h7-8,11-12,15,18H,9-10,13-14H2,1-6H3,(H,27,31)(H,28,30)(H,29,32)/t18-/m0/s1. The zero-order valence-corrected chi connectivity index (χ0v) is 23.8. The molecule has 0 heterocycles. The summed E-state index contributed by atoms with van der Waals surface area (Å²) < 4.78 is 11.3. The van der Waals surface area contributed by atoms with Gasteiger partial charge in [-0.15, -0.1) is 0 Å². The fourth-order valence-electron chi connectivity index (χ4n) is 2.77. The van der Waals surface area contributed by atoms with E-state index in [-0.39, 0.29) is 5.91 Å². The Labute approximate surface area is 218 Å². The van der Waals surface area contributed by atoms with Crippen molar-refractivity contribution in [2.45, 2.75) is 78.0 Å². The lowest BCUT2D eigenvalue weighted by atomic mass is 10.1. The summed E-state index contributed by atoms with van der Waals surface area (Å²) in [6, 6.07) is 6.49. The number of hydrogen-bond donors (Lipinski definition) is 3. The molecule has 0 fully saturated rings. The number of carbonyl (C=O) groups is 3. The number of benzene rings is 1. The number of halogens is 2. The molecular weight excluding hydrogens is 570 g/mol. The van der Waals surface area contributed by atoms with Crippen molar-refractivity contribution in [3.8, 4) is 0 Å². The molecular formula is C24H35Br2N3O5. The first kappa shape index (κ1) is 30.0. The largest absolute Gasteiger partial charge is 0.444 e. The molecule has 3 N–H and O–H groups in total. The van der Waals surface area contributed by atoms with Crippen molar-refractivity contribution in [2.75, 3.05) is 11.9 Å². The van der Waals surface area contributed by atoms with Crippen LogP contribution in [0, 0.1) is 0 Å². The maximum absolute atomic E-state index is 13.1. The Morgan fingerprint density at radius 2 is 1.53 bits per heavy atom. The van der Waals surface area contributed by atoms with E-state index in [1.54, 1.807) is 47.6 Å². The predicted octanol–water partition coefficient (Wildman–Crippen LogP) is 6.30. The Balaban J connectivity index is 2.79. The van der Waals surface area contributed by atoms with Gasteiger partial charge < -0.3 is 25.4 Å². The SMILES string of the molecule is CC(C)(C)OC(=O)NCCCC[C@H](NC(=O)OC(C)(C)C)C(=O)Nc1ccccc1C=C(Br)Br. The second kappa shape index (κ2) is 13.7. The zero-order valence-electron chi connectivity index (χ0n) is 20.6. The lowest BCUT2D eigenvalue weighted by molar-refractivity contribution is -0.118. The van der Waals surface area contributed by atoms with Crippen LogP contribution in [0.15, 0.2) is 27.7 Å². The molecule has 0 saturated carbocycles. The van der Waals surface area contributed by atoms with Gasteiger partial charge in [0.1, 0.15) is 17.2 Å². The second-order valence-electron chi connectivity index (χ2n) is 9.63. The molecule has 0 unspecified atom stereocenters. The number of unbranched alkanes of at least 4 members (excludes halogenated alkanes) is 1. The molecule has 0 aliphatic carbocycles. The smallest absolute Gasteiger partial charge is 0.408 e. The van der Waals surface area contributed by atoms with E-state index < -0.39 is 29.4 Å². The van der Waals surface area contributed by atoms with Crippen LogP contribution in [-0.2, 0) is 14.3 Å². The maximum atomic E-state index is 13.1. The molecule has 34 heavy (non-hydrogen) atoms. The van der Waals surface area contributed by atoms with Gasteiger partial charge in [-0.25, -0.2) is 9.59 Å². The average Bonchev–Trinajstić information content (AvgIpc) is 2.65. The molecule has 0 aliphatic rings. The van der Waals surface area contributed by atoms with Gasteiger partial charge in [-0.3, -0.25) is 4.79 Å². The number of amides is 3. The van der Waals surface area contributed by atoms with Crippen molar-refractivity contribution in [1.82, 2.24) is 10.6 Å². The summed E-state index contributed by atoms with van der Waals surface area (Å²) in [7, 11) is 0. The second-order valence-corrected chi connectivity index (χ2v) is 12.4. The molecule has 1 aromatic carbocycles. The highest BCUT2D eigenvalue weighted by Gasteiger charge is 2.25. The Hall–Kier alpha value is -2.07. The van der Waals surface area contributed by atoms with E-state index in [0.29, 0.717) is 31.5 Å². The van der Waals surface area contributed by atoms with E-state index in [0.717, 1.165) is 8.96 Å². The molecule has 190 valence electrons. The van der Waals surface area contributed by atoms with Crippen molar-refractivity contribution >= 4 is 61.7 Å². The minimum atomic E-state index is -0.819. The number of hydrogen-bond acceptors (Lipinski definition) is 5. The van der Waals surface area contributed by atoms with E-state index in [2.05, 4.69) is 47.8 Å². The van der Waals surface area contributed by atoms with Crippen LogP contribution in [0.4, 0.5) is 15.3 Å². The fourth-order valence-corrected chi connectivity index (χ4v) is 3.26. The van der Waals surface area contributed by atoms with Crippen LogP contribution in [0.2, 0.25) is 0 Å². The summed E-state index contributed by atoms with van der Waals surface area (Å²) in [5, 5.41) is 8.24. The van der Waals surface area contributed by atoms with E-state index in [1.807, 2.05) is 24.3 Å². The number of ether oxygens (including phenoxy) is 2. The van der Waals surface area contributed by atoms with Gasteiger partial charge in [-0.05, 0) is 110 Å². The fraction of sp³-hybridized carbons (Fsp3) is 0.542. The quantitative estimate of drug-likeness (QED) is 0.287. The lowest BCUT2D eigenvalue weighted by Gasteiger charge is -2.23. The van der Waals surface area contributed by atoms with E-state index >= 15 is 0 Å². The van der Waals surface area contributed by atoms with Gasteiger partial charge in [-0.2, -0.15) is 0 Å². The highest BCUT2D eigenvalue weighted by molar-refractivity contribution is 9.28. The van der Waals surface area contributed by atoms with Crippen LogP contribution in [0.3, 0.4) is 0 Å². The van der Waals surface area contributed by atoms with E-state index in [9.17, 15) is 14.4 Å². The van der Waals surface area contributed by atoms with Gasteiger partial charge in [0.05, 0.1) is 3.39 Å². The number of nitrogens with one attached hydrogen (secondary N) is 3. The number of carbonyl (C=O) groups excluding carboxylic acids is 3. The summed E-state index contributed by atoms with van der Waals surface area (Å²) in [4.78, 5) is 37.2. The molecule has 10 heteroatoms. The third-order valence-corrected chi connectivity index (χ3v) is 4.54. The van der Waals surface area contributed by atoms with Gasteiger partial charge in [-0.1, -0.05) is 18.2 Å². The van der Waals surface area contributed by atoms with Crippen molar-refractivity contribution < 1.29 is 23.9 Å². The summed E-state index contributed by atoms with van der Waals surface area (Å²) >= 11 is 6.66. The molecule has 1 rings (SSSR count). The van der Waals surface area contributed by atoms with Gasteiger partial charge in [0.15, 0.2) is 0 Å². The van der Waals surface area contributed by atoms with Crippen molar-refractivity contribution in [3.63, 3.8) is 0 Å². The third-order valence-electron chi connectivity index (χ3n) is 4.08. The summed E-state index contributed by atoms with van der Waals surface area (Å²) in [5.41, 5.74) is 0.131. The lowest BCUT2D eigenvalue weighted by Crippen LogP contribution is -2.46. The minimum Gasteiger partial charge on any atom is -0.444 e. The normalized spacial score (nSPS) is 12.2. The van der Waals surface area contributed by atoms with E-state index in [1.165, 1.54) is 0 Å². The van der Waals surface area contributed by atoms with Crippen LogP contribution < -0.4 is 16.0 Å². The maximum Gasteiger partial charge on any atom is 0.408 e. The summed E-state index contributed by atoms with van der Waals surface area (Å²) in [6.07, 6.45) is 2.20. The highest BCUT2D eigenvalue weighted by atomic mass is 79.9. The molecule has 1 atom stereocenters. The van der Waals surface area contributed by atoms with Crippen LogP contribution >= 0.6 is 31.9 Å². The predicted molar refractivity (Wildman–Crippen MR) is 142 cm³/mol. The third kappa shape index (κ3) is 13.6. The van der Waals surface area contributed by atoms with Crippen molar-refractivity contribution in [3.05, 3.63) is 33.2 Å². The molecule has 1 aromatic rings. The van der Waals surface area contributed by atoms with Crippen molar-refractivity contribution in [1.29, 1.82) is 0 Å². The number of anilines is 1. The van der Waals surface area contributed by atoms with Gasteiger partial charge in [0, 0.05) is 12.2 Å². The van der Waals surface area contributed by atoms with Crippen LogP contribution in [0.1, 0.15) is 66.4 Å². The first-order valence-electron chi connectivity index (χ1n) is 11.1. The average molecular weight is 605 g/mol. The van der Waals surface area contributed by atoms with Gasteiger partial charge in [0.25, 0.3) is 0 Å². The van der Waals surface area contributed by atoms with Gasteiger partial charge >= 0.3 is 12.2 Å². The van der Waals surface area contributed by atoms with Crippen molar-refractivity contribution in [2.24, 2.45) is 0 Å². The molecule has 0 radical (unpaired) electrons. The Kier molecular flexibility index (Phi) is 12.1. The topological polar surface area (TPSA) is 106 Å². The molecule has 0 bridgehead atoms. The molecule has 0 aliphatic heterocycles. The molecule has 3 amide bonds. The van der Waals surface area contributed by atoms with Crippen LogP contribution in [0.25, 0.3) is 6.08 Å². The van der Waals surface area contributed by atoms with E-state index in [4.69, 9.17) is 9.47 Å². The highest BCUT2D eigenvalue weighted by Crippen LogP contribution is 2.24.